The van der Waals surface area contributed by atoms with Crippen molar-refractivity contribution in [3.63, 3.8) is 0 Å². The summed E-state index contributed by atoms with van der Waals surface area (Å²) in [5.74, 6) is 0. The highest BCUT2D eigenvalue weighted by Crippen LogP contribution is 2.31. The highest BCUT2D eigenvalue weighted by Gasteiger charge is 2.22. The van der Waals surface area contributed by atoms with Crippen LogP contribution in [0, 0.1) is 13.8 Å². The Bertz CT molecular complexity index is 592. The number of aryl methyl sites for hydroxylation is 2. The fourth-order valence-corrected chi connectivity index (χ4v) is 2.39. The molecule has 2 aromatic rings. The van der Waals surface area contributed by atoms with Crippen molar-refractivity contribution in [2.45, 2.75) is 39.8 Å². The molecule has 2 rings (SSSR count). The van der Waals surface area contributed by atoms with Gasteiger partial charge in [-0.2, -0.15) is 5.10 Å². The van der Waals surface area contributed by atoms with Crippen molar-refractivity contribution in [2.75, 3.05) is 0 Å². The Morgan fingerprint density at radius 2 is 1.95 bits per heavy atom. The molecular formula is C14H18ClN3O. The summed E-state index contributed by atoms with van der Waals surface area (Å²) in [6.45, 7) is 7.81. The number of rotatable bonds is 3. The molecular weight excluding hydrogens is 262 g/mol. The number of hydrogen-bond donors (Lipinski definition) is 1. The Morgan fingerprint density at radius 1 is 1.26 bits per heavy atom. The van der Waals surface area contributed by atoms with Crippen molar-refractivity contribution in [1.29, 1.82) is 0 Å². The first-order valence-corrected chi connectivity index (χ1v) is 6.64. The van der Waals surface area contributed by atoms with Crippen molar-refractivity contribution >= 4 is 11.6 Å². The van der Waals surface area contributed by atoms with Gasteiger partial charge in [0, 0.05) is 23.0 Å². The largest absolute Gasteiger partial charge is 0.382 e. The maximum atomic E-state index is 10.6. The molecule has 0 spiro atoms. The molecule has 1 N–H and O–H groups in total. The Labute approximate surface area is 118 Å². The van der Waals surface area contributed by atoms with Gasteiger partial charge in [0.25, 0.3) is 0 Å². The Kier molecular flexibility index (Phi) is 3.92. The standard InChI is InChI=1S/C14H18ClN3O/c1-8(2)18-13(12(15)7-16-18)14(19)11-6-5-9(3)17-10(11)4/h5-8,14,19H,1-4H3. The minimum atomic E-state index is -0.814. The monoisotopic (exact) mass is 279 g/mol. The van der Waals surface area contributed by atoms with Gasteiger partial charge in [-0.3, -0.25) is 9.67 Å². The summed E-state index contributed by atoms with van der Waals surface area (Å²) in [6.07, 6.45) is 0.752. The number of aromatic nitrogens is 3. The van der Waals surface area contributed by atoms with Gasteiger partial charge in [-0.05, 0) is 33.8 Å². The topological polar surface area (TPSA) is 50.9 Å². The number of aliphatic hydroxyl groups is 1. The van der Waals surface area contributed by atoms with Gasteiger partial charge >= 0.3 is 0 Å². The smallest absolute Gasteiger partial charge is 0.124 e. The molecule has 0 fully saturated rings. The predicted octanol–water partition coefficient (Wildman–Crippen LogP) is 3.21. The van der Waals surface area contributed by atoms with Crippen LogP contribution in [0.1, 0.15) is 48.6 Å². The van der Waals surface area contributed by atoms with Crippen molar-refractivity contribution in [2.24, 2.45) is 0 Å². The lowest BCUT2D eigenvalue weighted by molar-refractivity contribution is 0.204. The molecule has 0 bridgehead atoms. The van der Waals surface area contributed by atoms with E-state index in [2.05, 4.69) is 10.1 Å². The summed E-state index contributed by atoms with van der Waals surface area (Å²) in [5, 5.41) is 15.3. The Hall–Kier alpha value is -1.39. The van der Waals surface area contributed by atoms with Crippen LogP contribution in [0.3, 0.4) is 0 Å². The highest BCUT2D eigenvalue weighted by atomic mass is 35.5. The molecule has 2 heterocycles. The lowest BCUT2D eigenvalue weighted by Crippen LogP contribution is -2.14. The first kappa shape index (κ1) is 14.0. The Morgan fingerprint density at radius 3 is 2.53 bits per heavy atom. The number of nitrogens with zero attached hydrogens (tertiary/aromatic N) is 3. The van der Waals surface area contributed by atoms with E-state index in [0.717, 1.165) is 17.0 Å². The molecule has 19 heavy (non-hydrogen) atoms. The van der Waals surface area contributed by atoms with Gasteiger partial charge in [-0.25, -0.2) is 0 Å². The van der Waals surface area contributed by atoms with Crippen molar-refractivity contribution in [3.8, 4) is 0 Å². The zero-order chi connectivity index (χ0) is 14.2. The van der Waals surface area contributed by atoms with E-state index in [9.17, 15) is 5.11 Å². The molecule has 102 valence electrons. The van der Waals surface area contributed by atoms with E-state index >= 15 is 0 Å². The summed E-state index contributed by atoms with van der Waals surface area (Å²) >= 11 is 6.15. The van der Waals surface area contributed by atoms with Crippen LogP contribution in [0.2, 0.25) is 5.02 Å². The second kappa shape index (κ2) is 5.31. The number of pyridine rings is 1. The number of aliphatic hydroxyl groups excluding tert-OH is 1. The van der Waals surface area contributed by atoms with E-state index in [-0.39, 0.29) is 6.04 Å². The van der Waals surface area contributed by atoms with Crippen LogP contribution < -0.4 is 0 Å². The molecule has 1 unspecified atom stereocenters. The van der Waals surface area contributed by atoms with Gasteiger partial charge in [0.1, 0.15) is 6.10 Å². The third kappa shape index (κ3) is 2.65. The van der Waals surface area contributed by atoms with Gasteiger partial charge in [0.2, 0.25) is 0 Å². The average Bonchev–Trinajstić information content (AvgIpc) is 2.70. The summed E-state index contributed by atoms with van der Waals surface area (Å²) in [5.41, 5.74) is 3.11. The van der Waals surface area contributed by atoms with Gasteiger partial charge in [-0.15, -0.1) is 0 Å². The third-order valence-electron chi connectivity index (χ3n) is 3.10. The maximum absolute atomic E-state index is 10.6. The lowest BCUT2D eigenvalue weighted by atomic mass is 10.0. The van der Waals surface area contributed by atoms with Gasteiger partial charge in [0.05, 0.1) is 16.9 Å². The van der Waals surface area contributed by atoms with Gasteiger partial charge in [-0.1, -0.05) is 17.7 Å². The minimum absolute atomic E-state index is 0.135. The van der Waals surface area contributed by atoms with E-state index in [1.165, 1.54) is 0 Å². The average molecular weight is 280 g/mol. The third-order valence-corrected chi connectivity index (χ3v) is 3.39. The fourth-order valence-electron chi connectivity index (χ4n) is 2.15. The van der Waals surface area contributed by atoms with E-state index in [4.69, 9.17) is 11.6 Å². The van der Waals surface area contributed by atoms with Crippen molar-refractivity contribution in [3.05, 3.63) is 46.0 Å². The zero-order valence-electron chi connectivity index (χ0n) is 11.6. The van der Waals surface area contributed by atoms with E-state index < -0.39 is 6.10 Å². The van der Waals surface area contributed by atoms with Crippen LogP contribution in [0.4, 0.5) is 0 Å². The van der Waals surface area contributed by atoms with Crippen molar-refractivity contribution < 1.29 is 5.11 Å². The minimum Gasteiger partial charge on any atom is -0.382 e. The predicted molar refractivity (Wildman–Crippen MR) is 75.4 cm³/mol. The SMILES string of the molecule is Cc1ccc(C(O)c2c(Cl)cnn2C(C)C)c(C)n1. The van der Waals surface area contributed by atoms with Gasteiger partial charge < -0.3 is 5.11 Å². The molecule has 0 radical (unpaired) electrons. The summed E-state index contributed by atoms with van der Waals surface area (Å²) in [7, 11) is 0. The fraction of sp³-hybridized carbons (Fsp3) is 0.429. The Balaban J connectivity index is 2.49. The first-order valence-electron chi connectivity index (χ1n) is 6.27. The number of hydrogen-bond acceptors (Lipinski definition) is 3. The van der Waals surface area contributed by atoms with E-state index in [0.29, 0.717) is 10.7 Å². The molecule has 5 heteroatoms. The molecule has 0 aliphatic heterocycles. The molecule has 1 atom stereocenters. The van der Waals surface area contributed by atoms with Crippen LogP contribution in [-0.4, -0.2) is 19.9 Å². The maximum Gasteiger partial charge on any atom is 0.124 e. The van der Waals surface area contributed by atoms with Crippen LogP contribution in [-0.2, 0) is 0 Å². The van der Waals surface area contributed by atoms with Crippen LogP contribution >= 0.6 is 11.6 Å². The molecule has 4 nitrogen and oxygen atoms in total. The lowest BCUT2D eigenvalue weighted by Gasteiger charge is -2.18. The molecule has 0 saturated heterocycles. The van der Waals surface area contributed by atoms with Gasteiger partial charge in [0.15, 0.2) is 0 Å². The normalized spacial score (nSPS) is 13.0. The number of halogens is 1. The van der Waals surface area contributed by atoms with E-state index in [1.54, 1.807) is 10.9 Å². The second-order valence-electron chi connectivity index (χ2n) is 4.95. The molecule has 0 amide bonds. The van der Waals surface area contributed by atoms with Crippen LogP contribution in [0.5, 0.6) is 0 Å². The van der Waals surface area contributed by atoms with Crippen LogP contribution in [0.25, 0.3) is 0 Å². The summed E-state index contributed by atoms with van der Waals surface area (Å²) in [4.78, 5) is 4.38. The van der Waals surface area contributed by atoms with E-state index in [1.807, 2.05) is 39.8 Å². The second-order valence-corrected chi connectivity index (χ2v) is 5.35. The summed E-state index contributed by atoms with van der Waals surface area (Å²) in [6, 6.07) is 3.90. The molecule has 0 aromatic carbocycles. The summed E-state index contributed by atoms with van der Waals surface area (Å²) < 4.78 is 1.74. The molecule has 0 aliphatic rings. The molecule has 0 aliphatic carbocycles. The van der Waals surface area contributed by atoms with Crippen molar-refractivity contribution in [1.82, 2.24) is 14.8 Å². The highest BCUT2D eigenvalue weighted by molar-refractivity contribution is 6.31. The quantitative estimate of drug-likeness (QED) is 0.939. The molecule has 0 saturated carbocycles. The zero-order valence-corrected chi connectivity index (χ0v) is 12.3. The van der Waals surface area contributed by atoms with Crippen LogP contribution in [0.15, 0.2) is 18.3 Å². The molecule has 2 aromatic heterocycles. The first-order chi connectivity index (χ1) is 8.91.